The molecule has 0 heterocycles. The molecule has 0 aromatic heterocycles. The van der Waals surface area contributed by atoms with Crippen molar-refractivity contribution in [1.29, 1.82) is 0 Å². The molecule has 4 nitrogen and oxygen atoms in total. The molecule has 0 amide bonds. The summed E-state index contributed by atoms with van der Waals surface area (Å²) < 4.78 is 15.9. The molecule has 0 radical (unpaired) electrons. The molecule has 100 valence electrons. The number of hydrogen-bond donors (Lipinski definition) is 0. The van der Waals surface area contributed by atoms with Crippen molar-refractivity contribution in [2.75, 3.05) is 33.5 Å². The summed E-state index contributed by atoms with van der Waals surface area (Å²) in [6.45, 7) is 4.23. The normalized spacial score (nSPS) is 10.3. The summed E-state index contributed by atoms with van der Waals surface area (Å²) >= 11 is 0. The second-order valence-corrected chi connectivity index (χ2v) is 3.92. The first-order valence-corrected chi connectivity index (χ1v) is 6.04. The van der Waals surface area contributed by atoms with E-state index in [0.29, 0.717) is 37.7 Å². The minimum Gasteiger partial charge on any atom is -0.490 e. The third-order valence-corrected chi connectivity index (χ3v) is 2.48. The quantitative estimate of drug-likeness (QED) is 0.499. The van der Waals surface area contributed by atoms with E-state index in [1.807, 2.05) is 19.1 Å². The number of aldehydes is 1. The van der Waals surface area contributed by atoms with E-state index in [-0.39, 0.29) is 0 Å². The molecule has 1 aromatic carbocycles. The highest BCUT2D eigenvalue weighted by Crippen LogP contribution is 2.21. The van der Waals surface area contributed by atoms with Gasteiger partial charge in [0.2, 0.25) is 0 Å². The largest absolute Gasteiger partial charge is 0.490 e. The Labute approximate surface area is 108 Å². The monoisotopic (exact) mass is 252 g/mol. The number of methoxy groups -OCH3 is 1. The second-order valence-electron chi connectivity index (χ2n) is 3.92. The number of hydrogen-bond acceptors (Lipinski definition) is 4. The lowest BCUT2D eigenvalue weighted by molar-refractivity contribution is 0.0800. The van der Waals surface area contributed by atoms with Gasteiger partial charge in [-0.2, -0.15) is 0 Å². The summed E-state index contributed by atoms with van der Waals surface area (Å²) in [6, 6.07) is 5.50. The van der Waals surface area contributed by atoms with E-state index in [0.717, 1.165) is 18.3 Å². The number of benzene rings is 1. The number of aryl methyl sites for hydroxylation is 1. The summed E-state index contributed by atoms with van der Waals surface area (Å²) in [7, 11) is 1.67. The van der Waals surface area contributed by atoms with Gasteiger partial charge in [-0.3, -0.25) is 4.79 Å². The van der Waals surface area contributed by atoms with Crippen LogP contribution in [0.15, 0.2) is 18.2 Å². The molecule has 0 aliphatic rings. The molecule has 0 bridgehead atoms. The number of carbonyl (C=O) groups is 1. The zero-order chi connectivity index (χ0) is 13.2. The molecule has 1 aromatic rings. The molecule has 0 aliphatic heterocycles. The Morgan fingerprint density at radius 1 is 1.17 bits per heavy atom. The van der Waals surface area contributed by atoms with Crippen molar-refractivity contribution < 1.29 is 19.0 Å². The predicted octanol–water partition coefficient (Wildman–Crippen LogP) is 2.24. The summed E-state index contributed by atoms with van der Waals surface area (Å²) in [5.74, 6) is 0.646. The van der Waals surface area contributed by atoms with Crippen molar-refractivity contribution in [3.8, 4) is 5.75 Å². The molecule has 0 spiro atoms. The molecule has 0 unspecified atom stereocenters. The van der Waals surface area contributed by atoms with Crippen molar-refractivity contribution in [3.05, 3.63) is 29.3 Å². The second kappa shape index (κ2) is 8.66. The molecule has 0 saturated heterocycles. The number of carbonyl (C=O) groups excluding carboxylic acids is 1. The van der Waals surface area contributed by atoms with Gasteiger partial charge in [0.25, 0.3) is 0 Å². The van der Waals surface area contributed by atoms with E-state index in [1.165, 1.54) is 0 Å². The Hall–Kier alpha value is -1.39. The van der Waals surface area contributed by atoms with Gasteiger partial charge in [0.15, 0.2) is 6.29 Å². The van der Waals surface area contributed by atoms with Gasteiger partial charge in [-0.25, -0.2) is 0 Å². The third kappa shape index (κ3) is 4.85. The Morgan fingerprint density at radius 3 is 2.72 bits per heavy atom. The zero-order valence-corrected chi connectivity index (χ0v) is 11.0. The van der Waals surface area contributed by atoms with Gasteiger partial charge in [-0.15, -0.1) is 0 Å². The van der Waals surface area contributed by atoms with Crippen LogP contribution in [-0.2, 0) is 9.47 Å². The maximum Gasteiger partial charge on any atom is 0.153 e. The van der Waals surface area contributed by atoms with Crippen LogP contribution in [0.1, 0.15) is 22.3 Å². The van der Waals surface area contributed by atoms with Gasteiger partial charge in [-0.1, -0.05) is 12.1 Å². The van der Waals surface area contributed by atoms with Crippen LogP contribution in [0.4, 0.5) is 0 Å². The summed E-state index contributed by atoms with van der Waals surface area (Å²) in [4.78, 5) is 10.9. The molecular formula is C14H20O4. The van der Waals surface area contributed by atoms with Gasteiger partial charge in [-0.05, 0) is 25.0 Å². The highest BCUT2D eigenvalue weighted by atomic mass is 16.5. The van der Waals surface area contributed by atoms with Crippen LogP contribution < -0.4 is 4.74 Å². The fourth-order valence-corrected chi connectivity index (χ4v) is 1.58. The number of ether oxygens (including phenoxy) is 3. The van der Waals surface area contributed by atoms with Crippen LogP contribution in [0.3, 0.4) is 0 Å². The first-order chi connectivity index (χ1) is 8.79. The lowest BCUT2D eigenvalue weighted by atomic mass is 10.1. The Balaban J connectivity index is 2.29. The topological polar surface area (TPSA) is 44.8 Å². The van der Waals surface area contributed by atoms with Gasteiger partial charge in [0.05, 0.1) is 12.2 Å². The minimum absolute atomic E-state index is 0.443. The number of rotatable bonds is 9. The molecule has 0 aliphatic carbocycles. The molecule has 0 saturated carbocycles. The molecule has 18 heavy (non-hydrogen) atoms. The molecule has 0 N–H and O–H groups in total. The molecule has 0 fully saturated rings. The fourth-order valence-electron chi connectivity index (χ4n) is 1.58. The Bertz CT molecular complexity index is 363. The average molecular weight is 252 g/mol. The molecule has 0 atom stereocenters. The van der Waals surface area contributed by atoms with E-state index in [2.05, 4.69) is 0 Å². The van der Waals surface area contributed by atoms with E-state index < -0.39 is 0 Å². The van der Waals surface area contributed by atoms with Crippen molar-refractivity contribution >= 4 is 6.29 Å². The molecular weight excluding hydrogens is 232 g/mol. The van der Waals surface area contributed by atoms with Crippen molar-refractivity contribution in [3.63, 3.8) is 0 Å². The van der Waals surface area contributed by atoms with E-state index >= 15 is 0 Å². The zero-order valence-electron chi connectivity index (χ0n) is 11.0. The van der Waals surface area contributed by atoms with Crippen LogP contribution in [-0.4, -0.2) is 39.8 Å². The van der Waals surface area contributed by atoms with E-state index in [1.54, 1.807) is 13.2 Å². The predicted molar refractivity (Wildman–Crippen MR) is 69.4 cm³/mol. The highest BCUT2D eigenvalue weighted by Gasteiger charge is 2.05. The minimum atomic E-state index is 0.443. The van der Waals surface area contributed by atoms with Gasteiger partial charge in [0, 0.05) is 20.3 Å². The summed E-state index contributed by atoms with van der Waals surface area (Å²) in [5.41, 5.74) is 1.54. The van der Waals surface area contributed by atoms with Crippen molar-refractivity contribution in [2.24, 2.45) is 0 Å². The van der Waals surface area contributed by atoms with Crippen LogP contribution in [0.2, 0.25) is 0 Å². The first-order valence-electron chi connectivity index (χ1n) is 6.04. The molecule has 1 rings (SSSR count). The first kappa shape index (κ1) is 14.7. The van der Waals surface area contributed by atoms with E-state index in [9.17, 15) is 4.79 Å². The number of para-hydroxylation sites is 1. The van der Waals surface area contributed by atoms with Gasteiger partial charge < -0.3 is 14.2 Å². The van der Waals surface area contributed by atoms with Crippen LogP contribution >= 0.6 is 0 Å². The van der Waals surface area contributed by atoms with Crippen molar-refractivity contribution in [1.82, 2.24) is 0 Å². The Morgan fingerprint density at radius 2 is 2.00 bits per heavy atom. The lowest BCUT2D eigenvalue weighted by Crippen LogP contribution is -2.10. The average Bonchev–Trinajstić information content (AvgIpc) is 2.39. The lowest BCUT2D eigenvalue weighted by Gasteiger charge is -2.11. The van der Waals surface area contributed by atoms with E-state index in [4.69, 9.17) is 14.2 Å². The maximum atomic E-state index is 10.9. The van der Waals surface area contributed by atoms with Gasteiger partial charge in [0.1, 0.15) is 12.4 Å². The third-order valence-electron chi connectivity index (χ3n) is 2.48. The summed E-state index contributed by atoms with van der Waals surface area (Å²) in [5, 5.41) is 0. The highest BCUT2D eigenvalue weighted by molar-refractivity contribution is 5.80. The SMILES string of the molecule is COCCCOCCOc1c(C)cccc1C=O. The van der Waals surface area contributed by atoms with Crippen LogP contribution in [0.25, 0.3) is 0 Å². The Kier molecular flexibility index (Phi) is 7.06. The fraction of sp³-hybridized carbons (Fsp3) is 0.500. The smallest absolute Gasteiger partial charge is 0.153 e. The molecule has 4 heteroatoms. The van der Waals surface area contributed by atoms with Crippen LogP contribution in [0, 0.1) is 6.92 Å². The maximum absolute atomic E-state index is 10.9. The van der Waals surface area contributed by atoms with Crippen LogP contribution in [0.5, 0.6) is 5.75 Å². The van der Waals surface area contributed by atoms with Crippen molar-refractivity contribution in [2.45, 2.75) is 13.3 Å². The standard InChI is InChI=1S/C14H20O4/c1-12-5-3-6-13(11-15)14(12)18-10-9-17-8-4-7-16-2/h3,5-6,11H,4,7-10H2,1-2H3. The van der Waals surface area contributed by atoms with Gasteiger partial charge >= 0.3 is 0 Å². The summed E-state index contributed by atoms with van der Waals surface area (Å²) in [6.07, 6.45) is 1.68.